The van der Waals surface area contributed by atoms with E-state index in [0.29, 0.717) is 12.5 Å². The summed E-state index contributed by atoms with van der Waals surface area (Å²) in [5.41, 5.74) is 4.76. The number of hydrogen-bond donors (Lipinski definition) is 1. The first-order chi connectivity index (χ1) is 13.3. The largest absolute Gasteiger partial charge is 0.396 e. The van der Waals surface area contributed by atoms with Gasteiger partial charge >= 0.3 is 0 Å². The number of hydrogen-bond acceptors (Lipinski definition) is 4. The predicted octanol–water partition coefficient (Wildman–Crippen LogP) is 4.29. The van der Waals surface area contributed by atoms with Crippen LogP contribution < -0.4 is 0 Å². The van der Waals surface area contributed by atoms with Gasteiger partial charge in [-0.15, -0.1) is 11.3 Å². The van der Waals surface area contributed by atoms with Crippen LogP contribution in [0.5, 0.6) is 0 Å². The van der Waals surface area contributed by atoms with Crippen molar-refractivity contribution in [1.29, 1.82) is 0 Å². The second-order valence-corrected chi connectivity index (χ2v) is 8.34. The predicted molar refractivity (Wildman–Crippen MR) is 112 cm³/mol. The average Bonchev–Trinajstić information content (AvgIpc) is 3.32. The first-order valence-electron chi connectivity index (χ1n) is 9.74. The highest BCUT2D eigenvalue weighted by molar-refractivity contribution is 7.13. The minimum atomic E-state index is 0.305. The molecule has 1 atom stereocenters. The fourth-order valence-corrected chi connectivity index (χ4v) is 4.95. The van der Waals surface area contributed by atoms with E-state index in [-0.39, 0.29) is 0 Å². The molecular formula is C22H27N3OS. The van der Waals surface area contributed by atoms with Crippen molar-refractivity contribution >= 4 is 11.3 Å². The molecule has 1 aromatic carbocycles. The van der Waals surface area contributed by atoms with Crippen molar-refractivity contribution in [1.82, 2.24) is 14.5 Å². The molecule has 1 aliphatic rings. The van der Waals surface area contributed by atoms with Crippen LogP contribution in [0.2, 0.25) is 0 Å². The summed E-state index contributed by atoms with van der Waals surface area (Å²) in [5.74, 6) is 0.431. The van der Waals surface area contributed by atoms with Crippen molar-refractivity contribution < 1.29 is 5.11 Å². The van der Waals surface area contributed by atoms with E-state index in [1.165, 1.54) is 22.6 Å². The van der Waals surface area contributed by atoms with E-state index in [2.05, 4.69) is 52.1 Å². The minimum Gasteiger partial charge on any atom is -0.396 e. The van der Waals surface area contributed by atoms with Gasteiger partial charge in [-0.25, -0.2) is 4.98 Å². The zero-order valence-corrected chi connectivity index (χ0v) is 16.7. The normalized spacial score (nSPS) is 18.1. The van der Waals surface area contributed by atoms with E-state index in [0.717, 1.165) is 43.9 Å². The second-order valence-electron chi connectivity index (χ2n) is 7.43. The minimum absolute atomic E-state index is 0.305. The highest BCUT2D eigenvalue weighted by Crippen LogP contribution is 2.36. The summed E-state index contributed by atoms with van der Waals surface area (Å²) in [6.45, 7) is 6.53. The molecule has 27 heavy (non-hydrogen) atoms. The molecule has 0 radical (unpaired) electrons. The molecule has 3 heterocycles. The van der Waals surface area contributed by atoms with E-state index < -0.39 is 0 Å². The fraction of sp³-hybridized carbons (Fsp3) is 0.409. The van der Waals surface area contributed by atoms with E-state index in [1.807, 2.05) is 12.4 Å². The van der Waals surface area contributed by atoms with Crippen LogP contribution in [0.4, 0.5) is 0 Å². The first-order valence-corrected chi connectivity index (χ1v) is 10.6. The number of benzene rings is 1. The standard InChI is InChI=1S/C22H27N3OS/c1-17-9-13-27-22(17)21-20(19-7-3-2-4-8-19)23-16-25(21)12-11-24-10-5-6-18(14-24)15-26/h2-4,7-9,13,16,18,26H,5-6,10-12,14-15H2,1H3/t18-/m1/s1. The van der Waals surface area contributed by atoms with Gasteiger partial charge < -0.3 is 14.6 Å². The van der Waals surface area contributed by atoms with E-state index in [1.54, 1.807) is 11.3 Å². The van der Waals surface area contributed by atoms with E-state index in [9.17, 15) is 5.11 Å². The van der Waals surface area contributed by atoms with Crippen LogP contribution in [0.1, 0.15) is 18.4 Å². The summed E-state index contributed by atoms with van der Waals surface area (Å²) in [5, 5.41) is 11.6. The Bertz CT molecular complexity index is 871. The highest BCUT2D eigenvalue weighted by atomic mass is 32.1. The molecule has 0 aliphatic carbocycles. The third kappa shape index (κ3) is 4.00. The van der Waals surface area contributed by atoms with Gasteiger partial charge in [0, 0.05) is 31.8 Å². The molecule has 1 fully saturated rings. The molecule has 0 unspecified atom stereocenters. The van der Waals surface area contributed by atoms with Gasteiger partial charge in [-0.2, -0.15) is 0 Å². The Balaban J connectivity index is 1.61. The number of aliphatic hydroxyl groups is 1. The third-order valence-corrected chi connectivity index (χ3v) is 6.50. The molecule has 1 saturated heterocycles. The maximum Gasteiger partial charge on any atom is 0.0971 e. The Labute approximate surface area is 165 Å². The van der Waals surface area contributed by atoms with E-state index in [4.69, 9.17) is 4.98 Å². The molecule has 4 nitrogen and oxygen atoms in total. The van der Waals surface area contributed by atoms with Gasteiger partial charge in [0.05, 0.1) is 22.6 Å². The lowest BCUT2D eigenvalue weighted by molar-refractivity contribution is 0.118. The maximum atomic E-state index is 9.48. The zero-order chi connectivity index (χ0) is 18.6. The Hall–Kier alpha value is -1.95. The molecule has 2 aromatic heterocycles. The van der Waals surface area contributed by atoms with Crippen molar-refractivity contribution in [3.63, 3.8) is 0 Å². The number of rotatable bonds is 6. The smallest absolute Gasteiger partial charge is 0.0971 e. The number of aliphatic hydroxyl groups excluding tert-OH is 1. The van der Waals surface area contributed by atoms with Gasteiger partial charge in [-0.3, -0.25) is 0 Å². The van der Waals surface area contributed by atoms with Crippen LogP contribution in [0.25, 0.3) is 21.8 Å². The lowest BCUT2D eigenvalue weighted by Gasteiger charge is -2.31. The molecule has 0 spiro atoms. The van der Waals surface area contributed by atoms with Gasteiger partial charge in [0.25, 0.3) is 0 Å². The van der Waals surface area contributed by atoms with Crippen LogP contribution in [-0.4, -0.2) is 45.8 Å². The zero-order valence-electron chi connectivity index (χ0n) is 15.8. The van der Waals surface area contributed by atoms with Crippen LogP contribution in [0, 0.1) is 12.8 Å². The molecule has 142 valence electrons. The second kappa shape index (κ2) is 8.38. The molecule has 5 heteroatoms. The number of likely N-dealkylation sites (tertiary alicyclic amines) is 1. The van der Waals surface area contributed by atoms with Gasteiger partial charge in [-0.1, -0.05) is 30.3 Å². The van der Waals surface area contributed by atoms with Gasteiger partial charge in [-0.05, 0) is 49.2 Å². The van der Waals surface area contributed by atoms with Crippen molar-refractivity contribution in [3.8, 4) is 21.8 Å². The summed E-state index contributed by atoms with van der Waals surface area (Å²) in [6, 6.07) is 12.6. The Morgan fingerprint density at radius 2 is 2.04 bits per heavy atom. The average molecular weight is 382 g/mol. The first kappa shape index (κ1) is 18.4. The lowest BCUT2D eigenvalue weighted by Crippen LogP contribution is -2.38. The fourth-order valence-electron chi connectivity index (χ4n) is 3.97. The number of thiophene rings is 1. The lowest BCUT2D eigenvalue weighted by atomic mass is 9.99. The number of imidazole rings is 1. The number of piperidine rings is 1. The highest BCUT2D eigenvalue weighted by Gasteiger charge is 2.21. The van der Waals surface area contributed by atoms with Crippen molar-refractivity contribution in [2.45, 2.75) is 26.3 Å². The van der Waals surface area contributed by atoms with Crippen molar-refractivity contribution in [2.24, 2.45) is 5.92 Å². The summed E-state index contributed by atoms with van der Waals surface area (Å²) in [4.78, 5) is 8.58. The Morgan fingerprint density at radius 3 is 2.78 bits per heavy atom. The molecule has 3 aromatic rings. The monoisotopic (exact) mass is 381 g/mol. The summed E-state index contributed by atoms with van der Waals surface area (Å²) in [6.07, 6.45) is 4.32. The molecule has 0 saturated carbocycles. The summed E-state index contributed by atoms with van der Waals surface area (Å²) < 4.78 is 2.31. The Kier molecular flexibility index (Phi) is 5.72. The SMILES string of the molecule is Cc1ccsc1-c1c(-c2ccccc2)ncn1CCN1CCC[C@@H](CO)C1. The Morgan fingerprint density at radius 1 is 1.19 bits per heavy atom. The van der Waals surface area contributed by atoms with Crippen LogP contribution in [0.15, 0.2) is 48.1 Å². The molecule has 1 aliphatic heterocycles. The summed E-state index contributed by atoms with van der Waals surface area (Å²) >= 11 is 1.79. The maximum absolute atomic E-state index is 9.48. The van der Waals surface area contributed by atoms with E-state index >= 15 is 0 Å². The van der Waals surface area contributed by atoms with Gasteiger partial charge in [0.15, 0.2) is 0 Å². The summed E-state index contributed by atoms with van der Waals surface area (Å²) in [7, 11) is 0. The topological polar surface area (TPSA) is 41.3 Å². The number of aryl methyl sites for hydroxylation is 1. The third-order valence-electron chi connectivity index (χ3n) is 5.48. The van der Waals surface area contributed by atoms with Crippen LogP contribution in [0.3, 0.4) is 0 Å². The van der Waals surface area contributed by atoms with Gasteiger partial charge in [0.1, 0.15) is 0 Å². The van der Waals surface area contributed by atoms with Crippen molar-refractivity contribution in [2.75, 3.05) is 26.2 Å². The van der Waals surface area contributed by atoms with Crippen LogP contribution in [-0.2, 0) is 6.54 Å². The number of aromatic nitrogens is 2. The molecule has 1 N–H and O–H groups in total. The quantitative estimate of drug-likeness (QED) is 0.692. The van der Waals surface area contributed by atoms with Gasteiger partial charge in [0.2, 0.25) is 0 Å². The number of nitrogens with zero attached hydrogens (tertiary/aromatic N) is 3. The molecule has 0 bridgehead atoms. The molecule has 4 rings (SSSR count). The molecule has 0 amide bonds. The van der Waals surface area contributed by atoms with Crippen molar-refractivity contribution in [3.05, 3.63) is 53.7 Å². The van der Waals surface area contributed by atoms with Crippen LogP contribution >= 0.6 is 11.3 Å². The molecular weight excluding hydrogens is 354 g/mol.